The van der Waals surface area contributed by atoms with Gasteiger partial charge < -0.3 is 27.8 Å². The topological polar surface area (TPSA) is 55.4 Å². The number of rotatable bonds is 14. The predicted molar refractivity (Wildman–Crippen MR) is 179 cm³/mol. The first kappa shape index (κ1) is 36.6. The Morgan fingerprint density at radius 2 is 1.55 bits per heavy atom. The lowest BCUT2D eigenvalue weighted by atomic mass is 9.62. The van der Waals surface area contributed by atoms with Crippen molar-refractivity contribution in [1.82, 2.24) is 0 Å². The van der Waals surface area contributed by atoms with Crippen LogP contribution in [-0.4, -0.2) is 45.1 Å². The summed E-state index contributed by atoms with van der Waals surface area (Å²) < 4.78 is 38.2. The first-order valence-corrected chi connectivity index (χ1v) is 21.0. The quantitative estimate of drug-likeness (QED) is 0.117. The Labute approximate surface area is 259 Å². The van der Waals surface area contributed by atoms with E-state index in [9.17, 15) is 0 Å². The zero-order chi connectivity index (χ0) is 32.1. The van der Waals surface area contributed by atoms with Gasteiger partial charge in [0.1, 0.15) is 5.75 Å². The average molecular weight is 621 g/mol. The molecule has 0 N–H and O–H groups in total. The van der Waals surface area contributed by atoms with Gasteiger partial charge in [0.15, 0.2) is 14.6 Å². The van der Waals surface area contributed by atoms with Crippen LogP contribution in [0.15, 0.2) is 41.4 Å². The fraction of sp³-hybridized carbons (Fsp3) is 0.706. The minimum absolute atomic E-state index is 0.0308. The molecular formula is C34H60O6Si2. The molecule has 0 aromatic heterocycles. The summed E-state index contributed by atoms with van der Waals surface area (Å²) in [5.41, 5.74) is 3.95. The minimum atomic E-state index is -2.13. The number of allylic oxidation sites excluding steroid dienone is 3. The van der Waals surface area contributed by atoms with E-state index in [4.69, 9.17) is 27.8 Å². The molecule has 0 saturated heterocycles. The Balaban J connectivity index is 2.97. The van der Waals surface area contributed by atoms with Gasteiger partial charge in [0.2, 0.25) is 8.32 Å². The summed E-state index contributed by atoms with van der Waals surface area (Å²) in [5.74, 6) is 1.86. The lowest BCUT2D eigenvalue weighted by Gasteiger charge is -2.49. The van der Waals surface area contributed by atoms with Crippen LogP contribution in [0, 0.1) is 11.3 Å². The smallest absolute Gasteiger partial charge is 0.250 e. The predicted octanol–water partition coefficient (Wildman–Crippen LogP) is 9.92. The summed E-state index contributed by atoms with van der Waals surface area (Å²) in [5, 5.41) is 0.0679. The van der Waals surface area contributed by atoms with Crippen LogP contribution < -0.4 is 4.74 Å². The molecule has 0 spiro atoms. The highest BCUT2D eigenvalue weighted by Crippen LogP contribution is 2.57. The van der Waals surface area contributed by atoms with Crippen molar-refractivity contribution in [2.45, 2.75) is 117 Å². The van der Waals surface area contributed by atoms with Crippen molar-refractivity contribution in [3.05, 3.63) is 52.5 Å². The van der Waals surface area contributed by atoms with E-state index >= 15 is 0 Å². The van der Waals surface area contributed by atoms with E-state index in [2.05, 4.69) is 81.5 Å². The number of hydrogen-bond acceptors (Lipinski definition) is 6. The van der Waals surface area contributed by atoms with E-state index in [0.717, 1.165) is 52.8 Å². The van der Waals surface area contributed by atoms with Crippen LogP contribution in [0.5, 0.6) is 5.75 Å². The maximum absolute atomic E-state index is 7.59. The monoisotopic (exact) mass is 620 g/mol. The van der Waals surface area contributed by atoms with Gasteiger partial charge in [-0.15, -0.1) is 0 Å². The average Bonchev–Trinajstić information content (AvgIpc) is 2.94. The summed E-state index contributed by atoms with van der Waals surface area (Å²) >= 11 is 0. The minimum Gasteiger partial charge on any atom is -0.546 e. The maximum atomic E-state index is 7.59. The van der Waals surface area contributed by atoms with Crippen molar-refractivity contribution in [2.24, 2.45) is 11.3 Å². The molecule has 1 aromatic rings. The van der Waals surface area contributed by atoms with E-state index in [-0.39, 0.29) is 22.5 Å². The lowest BCUT2D eigenvalue weighted by Crippen LogP contribution is -2.46. The molecule has 0 amide bonds. The molecule has 1 aliphatic carbocycles. The van der Waals surface area contributed by atoms with Crippen molar-refractivity contribution in [2.75, 3.05) is 28.4 Å². The van der Waals surface area contributed by atoms with Crippen molar-refractivity contribution in [1.29, 1.82) is 0 Å². The van der Waals surface area contributed by atoms with Crippen molar-refractivity contribution in [3.63, 3.8) is 0 Å². The van der Waals surface area contributed by atoms with Gasteiger partial charge in [0.05, 0.1) is 32.3 Å². The Hall–Kier alpha value is -1.59. The van der Waals surface area contributed by atoms with Crippen LogP contribution in [0.4, 0.5) is 0 Å². The van der Waals surface area contributed by atoms with Crippen molar-refractivity contribution >= 4 is 16.6 Å². The van der Waals surface area contributed by atoms with Gasteiger partial charge in [-0.2, -0.15) is 0 Å². The van der Waals surface area contributed by atoms with Gasteiger partial charge in [-0.05, 0) is 65.8 Å². The molecule has 1 aliphatic rings. The highest BCUT2D eigenvalue weighted by atomic mass is 28.4. The summed E-state index contributed by atoms with van der Waals surface area (Å²) in [6.07, 6.45) is 1.83. The third kappa shape index (κ3) is 7.37. The molecule has 0 aliphatic heterocycles. The molecule has 0 heterocycles. The van der Waals surface area contributed by atoms with Crippen LogP contribution in [-0.2, 0) is 23.1 Å². The molecule has 42 heavy (non-hydrogen) atoms. The Bertz CT molecular complexity index is 1090. The molecule has 0 saturated carbocycles. The normalized spacial score (nSPS) is 19.8. The molecule has 2 rings (SSSR count). The number of methoxy groups -OCH3 is 4. The van der Waals surface area contributed by atoms with E-state index in [1.807, 2.05) is 18.4 Å². The molecule has 0 radical (unpaired) electrons. The van der Waals surface area contributed by atoms with E-state index in [1.165, 1.54) is 5.57 Å². The standard InChI is InChI=1S/C34H60O6Si2/c1-16-42(17-2,18-3)40-31(30-25(32(37-12)38-13)20-19-21-28(30)36-11)26-22-29(39-41(14,15)33(5,6)7)24(4)27(23-35-10)34(26,8)9/h19-21,23,26,31-32H,16-18,22H2,1-15H3/b27-23-/t26-,31+/m0/s1. The molecular weight excluding hydrogens is 561 g/mol. The van der Waals surface area contributed by atoms with Crippen molar-refractivity contribution in [3.8, 4) is 5.75 Å². The Kier molecular flexibility index (Phi) is 12.6. The van der Waals surface area contributed by atoms with Gasteiger partial charge in [0, 0.05) is 37.7 Å². The highest BCUT2D eigenvalue weighted by Gasteiger charge is 2.50. The van der Waals surface area contributed by atoms with Crippen LogP contribution in [0.3, 0.4) is 0 Å². The Morgan fingerprint density at radius 3 is 2.00 bits per heavy atom. The van der Waals surface area contributed by atoms with Crippen LogP contribution in [0.1, 0.15) is 92.3 Å². The van der Waals surface area contributed by atoms with Gasteiger partial charge in [0.25, 0.3) is 0 Å². The summed E-state index contributed by atoms with van der Waals surface area (Å²) in [6.45, 7) is 25.2. The molecule has 8 heteroatoms. The van der Waals surface area contributed by atoms with Gasteiger partial charge in [-0.3, -0.25) is 0 Å². The summed E-state index contributed by atoms with van der Waals surface area (Å²) in [6, 6.07) is 9.22. The SMILES string of the molecule is CC[Si](CC)(CC)O[C@@H](c1c(OC)cccc1C(OC)OC)[C@@H]1CC(O[Si](C)(C)C(C)(C)C)=C(C)/C(=C/OC)C1(C)C. The number of ether oxygens (including phenoxy) is 4. The highest BCUT2D eigenvalue weighted by molar-refractivity contribution is 6.74. The third-order valence-electron chi connectivity index (χ3n) is 10.2. The zero-order valence-electron chi connectivity index (χ0n) is 29.3. The van der Waals surface area contributed by atoms with E-state index < -0.39 is 22.9 Å². The molecule has 6 nitrogen and oxygen atoms in total. The second kappa shape index (κ2) is 14.5. The Morgan fingerprint density at radius 1 is 0.976 bits per heavy atom. The summed E-state index contributed by atoms with van der Waals surface area (Å²) in [7, 11) is 2.58. The van der Waals surface area contributed by atoms with E-state index in [0.29, 0.717) is 0 Å². The fourth-order valence-corrected chi connectivity index (χ4v) is 10.1. The second-order valence-corrected chi connectivity index (χ2v) is 23.2. The van der Waals surface area contributed by atoms with Crippen LogP contribution in [0.2, 0.25) is 36.3 Å². The molecule has 0 unspecified atom stereocenters. The van der Waals surface area contributed by atoms with Crippen LogP contribution in [0.25, 0.3) is 0 Å². The van der Waals surface area contributed by atoms with E-state index in [1.54, 1.807) is 28.4 Å². The zero-order valence-corrected chi connectivity index (χ0v) is 31.3. The van der Waals surface area contributed by atoms with Gasteiger partial charge in [-0.25, -0.2) is 0 Å². The number of benzene rings is 1. The molecule has 0 bridgehead atoms. The van der Waals surface area contributed by atoms with Gasteiger partial charge in [-0.1, -0.05) is 67.5 Å². The van der Waals surface area contributed by atoms with Crippen LogP contribution >= 0.6 is 0 Å². The lowest BCUT2D eigenvalue weighted by molar-refractivity contribution is -0.108. The fourth-order valence-electron chi connectivity index (χ4n) is 6.07. The maximum Gasteiger partial charge on any atom is 0.250 e. The molecule has 2 atom stereocenters. The largest absolute Gasteiger partial charge is 0.546 e. The second-order valence-electron chi connectivity index (χ2n) is 13.8. The van der Waals surface area contributed by atoms with Gasteiger partial charge >= 0.3 is 0 Å². The number of hydrogen-bond donors (Lipinski definition) is 0. The third-order valence-corrected chi connectivity index (χ3v) is 19.2. The molecule has 0 fully saturated rings. The molecule has 240 valence electrons. The van der Waals surface area contributed by atoms with Crippen molar-refractivity contribution < 1.29 is 27.8 Å². The molecule has 1 aromatic carbocycles. The first-order chi connectivity index (χ1) is 19.5. The summed E-state index contributed by atoms with van der Waals surface area (Å²) in [4.78, 5) is 0. The first-order valence-electron chi connectivity index (χ1n) is 15.6.